The molecule has 1 amide bonds. The first-order chi connectivity index (χ1) is 12.1. The van der Waals surface area contributed by atoms with Crippen molar-refractivity contribution in [2.45, 2.75) is 11.3 Å². The monoisotopic (exact) mass is 402 g/mol. The van der Waals surface area contributed by atoms with Gasteiger partial charge in [0.15, 0.2) is 0 Å². The van der Waals surface area contributed by atoms with Crippen LogP contribution in [0.2, 0.25) is 0 Å². The molecule has 0 radical (unpaired) electrons. The molecule has 0 unspecified atom stereocenters. The number of hydrogen-bond acceptors (Lipinski definition) is 5. The highest BCUT2D eigenvalue weighted by molar-refractivity contribution is 7.89. The van der Waals surface area contributed by atoms with Crippen LogP contribution >= 0.6 is 12.4 Å². The van der Waals surface area contributed by atoms with Crippen LogP contribution in [0.15, 0.2) is 35.2 Å². The van der Waals surface area contributed by atoms with Crippen molar-refractivity contribution in [2.75, 3.05) is 58.9 Å². The second kappa shape index (κ2) is 9.66. The number of halogens is 1. The number of benzene rings is 1. The van der Waals surface area contributed by atoms with Crippen LogP contribution in [-0.4, -0.2) is 87.3 Å². The summed E-state index contributed by atoms with van der Waals surface area (Å²) >= 11 is 0. The number of carbonyl (C=O) groups is 1. The van der Waals surface area contributed by atoms with Crippen molar-refractivity contribution < 1.29 is 13.2 Å². The molecule has 146 valence electrons. The molecule has 0 atom stereocenters. The minimum Gasteiger partial charge on any atom is -0.339 e. The normalized spacial score (nSPS) is 20.2. The summed E-state index contributed by atoms with van der Waals surface area (Å²) in [6, 6.07) is 8.47. The van der Waals surface area contributed by atoms with E-state index in [0.717, 1.165) is 32.6 Å². The van der Waals surface area contributed by atoms with E-state index in [9.17, 15) is 13.2 Å². The zero-order chi connectivity index (χ0) is 17.7. The van der Waals surface area contributed by atoms with Crippen LogP contribution in [0.3, 0.4) is 0 Å². The van der Waals surface area contributed by atoms with Crippen LogP contribution in [0.5, 0.6) is 0 Å². The van der Waals surface area contributed by atoms with E-state index < -0.39 is 10.0 Å². The van der Waals surface area contributed by atoms with E-state index in [4.69, 9.17) is 0 Å². The summed E-state index contributed by atoms with van der Waals surface area (Å²) in [5.41, 5.74) is 0. The van der Waals surface area contributed by atoms with Gasteiger partial charge in [0.25, 0.3) is 0 Å². The van der Waals surface area contributed by atoms with E-state index in [1.54, 1.807) is 35.2 Å². The van der Waals surface area contributed by atoms with E-state index in [-0.39, 0.29) is 18.3 Å². The fraction of sp³-hybridized carbons (Fsp3) is 0.588. The van der Waals surface area contributed by atoms with Gasteiger partial charge in [-0.25, -0.2) is 8.42 Å². The smallest absolute Gasteiger partial charge is 0.243 e. The predicted octanol–water partition coefficient (Wildman–Crippen LogP) is 0.237. The Balaban J connectivity index is 0.00000243. The molecule has 2 saturated heterocycles. The number of hydrogen-bond donors (Lipinski definition) is 1. The van der Waals surface area contributed by atoms with Crippen molar-refractivity contribution in [3.63, 3.8) is 0 Å². The number of amides is 1. The average Bonchev–Trinajstić information content (AvgIpc) is 2.91. The third kappa shape index (κ3) is 5.17. The lowest BCUT2D eigenvalue weighted by Gasteiger charge is -2.35. The molecule has 2 aliphatic heterocycles. The first-order valence-electron chi connectivity index (χ1n) is 8.83. The van der Waals surface area contributed by atoms with Crippen LogP contribution in [0.1, 0.15) is 6.42 Å². The Morgan fingerprint density at radius 1 is 0.962 bits per heavy atom. The van der Waals surface area contributed by atoms with Crippen LogP contribution < -0.4 is 5.32 Å². The lowest BCUT2D eigenvalue weighted by Crippen LogP contribution is -2.52. The van der Waals surface area contributed by atoms with Gasteiger partial charge in [0, 0.05) is 39.3 Å². The molecule has 0 bridgehead atoms. The summed E-state index contributed by atoms with van der Waals surface area (Å²) in [6.07, 6.45) is 1.05. The lowest BCUT2D eigenvalue weighted by atomic mass is 10.3. The van der Waals surface area contributed by atoms with Gasteiger partial charge in [-0.1, -0.05) is 18.2 Å². The quantitative estimate of drug-likeness (QED) is 0.780. The first kappa shape index (κ1) is 21.1. The maximum Gasteiger partial charge on any atom is 0.243 e. The van der Waals surface area contributed by atoms with Gasteiger partial charge in [0.05, 0.1) is 11.4 Å². The van der Waals surface area contributed by atoms with E-state index in [1.807, 2.05) is 0 Å². The van der Waals surface area contributed by atoms with Gasteiger partial charge in [-0.15, -0.1) is 12.4 Å². The molecule has 0 spiro atoms. The first-order valence-corrected chi connectivity index (χ1v) is 10.3. The highest BCUT2D eigenvalue weighted by Crippen LogP contribution is 2.17. The number of carbonyl (C=O) groups excluding carboxylic acids is 1. The van der Waals surface area contributed by atoms with Crippen molar-refractivity contribution in [1.29, 1.82) is 0 Å². The molecule has 2 aliphatic rings. The van der Waals surface area contributed by atoms with Gasteiger partial charge < -0.3 is 10.2 Å². The van der Waals surface area contributed by atoms with E-state index in [2.05, 4.69) is 10.2 Å². The van der Waals surface area contributed by atoms with Crippen LogP contribution in [0.25, 0.3) is 0 Å². The molecule has 2 heterocycles. The Hall–Kier alpha value is -1.19. The fourth-order valence-electron chi connectivity index (χ4n) is 3.27. The zero-order valence-corrected chi connectivity index (χ0v) is 16.5. The minimum absolute atomic E-state index is 0. The molecule has 1 aromatic carbocycles. The molecule has 3 rings (SSSR count). The topological polar surface area (TPSA) is 73.0 Å². The molecule has 0 aliphatic carbocycles. The Morgan fingerprint density at radius 2 is 1.65 bits per heavy atom. The molecule has 0 aromatic heterocycles. The predicted molar refractivity (Wildman–Crippen MR) is 103 cm³/mol. The standard InChI is InChI=1S/C17H26N4O3S.ClH/c22-17(15-19-9-4-7-18-8-10-19)20-11-13-21(14-12-20)25(23,24)16-5-2-1-3-6-16;/h1-3,5-6,18H,4,7-15H2;1H. The third-order valence-corrected chi connectivity index (χ3v) is 6.68. The summed E-state index contributed by atoms with van der Waals surface area (Å²) in [5, 5.41) is 3.33. The molecule has 7 nitrogen and oxygen atoms in total. The Bertz CT molecular complexity index is 671. The van der Waals surface area contributed by atoms with E-state index in [1.165, 1.54) is 4.31 Å². The number of sulfonamides is 1. The highest BCUT2D eigenvalue weighted by Gasteiger charge is 2.30. The Morgan fingerprint density at radius 3 is 2.35 bits per heavy atom. The maximum atomic E-state index is 12.6. The largest absolute Gasteiger partial charge is 0.339 e. The average molecular weight is 403 g/mol. The van der Waals surface area contributed by atoms with Crippen LogP contribution in [-0.2, 0) is 14.8 Å². The molecule has 0 saturated carbocycles. The summed E-state index contributed by atoms with van der Waals surface area (Å²) < 4.78 is 26.7. The second-order valence-corrected chi connectivity index (χ2v) is 8.42. The summed E-state index contributed by atoms with van der Waals surface area (Å²) in [6.45, 7) is 5.77. The Kier molecular flexibility index (Phi) is 7.85. The molecule has 9 heteroatoms. The van der Waals surface area contributed by atoms with Crippen molar-refractivity contribution in [3.05, 3.63) is 30.3 Å². The molecular weight excluding hydrogens is 376 g/mol. The number of piperazine rings is 1. The van der Waals surface area contributed by atoms with E-state index in [0.29, 0.717) is 37.6 Å². The Labute approximate surface area is 161 Å². The van der Waals surface area contributed by atoms with Crippen LogP contribution in [0, 0.1) is 0 Å². The van der Waals surface area contributed by atoms with Crippen LogP contribution in [0.4, 0.5) is 0 Å². The van der Waals surface area contributed by atoms with Crippen molar-refractivity contribution >= 4 is 28.3 Å². The molecule has 1 N–H and O–H groups in total. The fourth-order valence-corrected chi connectivity index (χ4v) is 4.71. The minimum atomic E-state index is -3.47. The lowest BCUT2D eigenvalue weighted by molar-refractivity contribution is -0.133. The van der Waals surface area contributed by atoms with E-state index >= 15 is 0 Å². The second-order valence-electron chi connectivity index (χ2n) is 6.48. The van der Waals surface area contributed by atoms with Crippen molar-refractivity contribution in [3.8, 4) is 0 Å². The summed E-state index contributed by atoms with van der Waals surface area (Å²) in [7, 11) is -3.47. The summed E-state index contributed by atoms with van der Waals surface area (Å²) in [5.74, 6) is 0.0960. The van der Waals surface area contributed by atoms with Gasteiger partial charge in [0.2, 0.25) is 15.9 Å². The third-order valence-electron chi connectivity index (χ3n) is 4.76. The van der Waals surface area contributed by atoms with Gasteiger partial charge in [-0.05, 0) is 31.6 Å². The van der Waals surface area contributed by atoms with Gasteiger partial charge in [0.1, 0.15) is 0 Å². The molecule has 2 fully saturated rings. The molecule has 1 aromatic rings. The van der Waals surface area contributed by atoms with Gasteiger partial charge in [-0.3, -0.25) is 9.69 Å². The zero-order valence-electron chi connectivity index (χ0n) is 14.8. The number of rotatable bonds is 4. The molecule has 26 heavy (non-hydrogen) atoms. The van der Waals surface area contributed by atoms with Crippen molar-refractivity contribution in [2.24, 2.45) is 0 Å². The maximum absolute atomic E-state index is 12.6. The van der Waals surface area contributed by atoms with Gasteiger partial charge in [-0.2, -0.15) is 4.31 Å². The highest BCUT2D eigenvalue weighted by atomic mass is 35.5. The summed E-state index contributed by atoms with van der Waals surface area (Å²) in [4.78, 5) is 16.8. The number of nitrogens with one attached hydrogen (secondary N) is 1. The molecular formula is C17H27ClN4O3S. The SMILES string of the molecule is Cl.O=C(CN1CCCNCC1)N1CCN(S(=O)(=O)c2ccccc2)CC1. The van der Waals surface area contributed by atoms with Crippen molar-refractivity contribution in [1.82, 2.24) is 19.4 Å². The van der Waals surface area contributed by atoms with Gasteiger partial charge >= 0.3 is 0 Å². The number of nitrogens with zero attached hydrogens (tertiary/aromatic N) is 3.